The summed E-state index contributed by atoms with van der Waals surface area (Å²) in [5, 5.41) is 7.27. The third kappa shape index (κ3) is 2.76. The van der Waals surface area contributed by atoms with Crippen molar-refractivity contribution < 1.29 is 4.74 Å². The third-order valence-electron chi connectivity index (χ3n) is 3.29. The first kappa shape index (κ1) is 14.1. The van der Waals surface area contributed by atoms with Crippen LogP contribution in [0.2, 0.25) is 0 Å². The number of para-hydroxylation sites is 1. The summed E-state index contributed by atoms with van der Waals surface area (Å²) in [4.78, 5) is 8.94. The van der Waals surface area contributed by atoms with E-state index in [-0.39, 0.29) is 0 Å². The second kappa shape index (κ2) is 5.85. The van der Waals surface area contributed by atoms with Crippen molar-refractivity contribution in [3.05, 3.63) is 48.4 Å². The van der Waals surface area contributed by atoms with Crippen LogP contribution in [-0.2, 0) is 7.05 Å². The smallest absolute Gasteiger partial charge is 0.227 e. The van der Waals surface area contributed by atoms with Crippen molar-refractivity contribution >= 4 is 11.6 Å². The molecule has 6 heteroatoms. The van der Waals surface area contributed by atoms with Gasteiger partial charge in [-0.05, 0) is 24.6 Å². The molecule has 2 heterocycles. The minimum atomic E-state index is 0.527. The summed E-state index contributed by atoms with van der Waals surface area (Å²) >= 11 is 0. The van der Waals surface area contributed by atoms with E-state index in [1.54, 1.807) is 24.2 Å². The van der Waals surface area contributed by atoms with Crippen LogP contribution in [0.1, 0.15) is 5.56 Å². The molecule has 0 aliphatic carbocycles. The zero-order valence-corrected chi connectivity index (χ0v) is 12.7. The molecule has 0 aliphatic rings. The van der Waals surface area contributed by atoms with Gasteiger partial charge in [0.2, 0.25) is 5.95 Å². The molecule has 0 aliphatic heterocycles. The molecule has 0 atom stereocenters. The lowest BCUT2D eigenvalue weighted by Crippen LogP contribution is -2.00. The average Bonchev–Trinajstić information content (AvgIpc) is 2.94. The highest BCUT2D eigenvalue weighted by atomic mass is 16.5. The Kier molecular flexibility index (Phi) is 3.74. The Morgan fingerprint density at radius 1 is 1.18 bits per heavy atom. The van der Waals surface area contributed by atoms with E-state index in [2.05, 4.69) is 20.4 Å². The van der Waals surface area contributed by atoms with Gasteiger partial charge in [-0.3, -0.25) is 4.68 Å². The van der Waals surface area contributed by atoms with Crippen LogP contribution in [-0.4, -0.2) is 26.9 Å². The Balaban J connectivity index is 1.99. The van der Waals surface area contributed by atoms with E-state index in [9.17, 15) is 0 Å². The van der Waals surface area contributed by atoms with Crippen LogP contribution >= 0.6 is 0 Å². The van der Waals surface area contributed by atoms with E-state index < -0.39 is 0 Å². The predicted octanol–water partition coefficient (Wildman–Crippen LogP) is 2.94. The molecule has 0 saturated heterocycles. The normalized spacial score (nSPS) is 10.5. The molecule has 112 valence electrons. The number of hydrogen-bond donors (Lipinski definition) is 1. The van der Waals surface area contributed by atoms with Crippen molar-refractivity contribution in [2.75, 3.05) is 12.4 Å². The van der Waals surface area contributed by atoms with Gasteiger partial charge in [-0.1, -0.05) is 12.1 Å². The molecule has 22 heavy (non-hydrogen) atoms. The number of aromatic nitrogens is 4. The molecule has 6 nitrogen and oxygen atoms in total. The number of ether oxygens (including phenoxy) is 1. The lowest BCUT2D eigenvalue weighted by molar-refractivity contribution is 0.416. The van der Waals surface area contributed by atoms with Gasteiger partial charge in [0, 0.05) is 25.0 Å². The van der Waals surface area contributed by atoms with Gasteiger partial charge in [-0.2, -0.15) is 5.10 Å². The van der Waals surface area contributed by atoms with Crippen LogP contribution in [0.25, 0.3) is 11.3 Å². The van der Waals surface area contributed by atoms with Crippen LogP contribution in [0.15, 0.2) is 42.9 Å². The maximum atomic E-state index is 5.42. The molecular weight excluding hydrogens is 278 g/mol. The van der Waals surface area contributed by atoms with Crippen LogP contribution in [0.3, 0.4) is 0 Å². The number of benzene rings is 1. The maximum Gasteiger partial charge on any atom is 0.227 e. The van der Waals surface area contributed by atoms with Crippen molar-refractivity contribution in [3.63, 3.8) is 0 Å². The molecule has 0 saturated carbocycles. The summed E-state index contributed by atoms with van der Waals surface area (Å²) in [7, 11) is 3.52. The molecule has 0 bridgehead atoms. The fourth-order valence-electron chi connectivity index (χ4n) is 2.23. The van der Waals surface area contributed by atoms with Crippen molar-refractivity contribution in [1.29, 1.82) is 0 Å². The summed E-state index contributed by atoms with van der Waals surface area (Å²) < 4.78 is 7.14. The van der Waals surface area contributed by atoms with Gasteiger partial charge in [0.1, 0.15) is 5.75 Å². The predicted molar refractivity (Wildman–Crippen MR) is 85.2 cm³/mol. The molecular formula is C16H17N5O. The molecule has 0 amide bonds. The van der Waals surface area contributed by atoms with E-state index in [0.717, 1.165) is 28.3 Å². The molecule has 0 unspecified atom stereocenters. The highest BCUT2D eigenvalue weighted by Gasteiger charge is 2.11. The minimum absolute atomic E-state index is 0.527. The highest BCUT2D eigenvalue weighted by molar-refractivity contribution is 5.70. The topological polar surface area (TPSA) is 64.9 Å². The second-order valence-corrected chi connectivity index (χ2v) is 4.95. The number of methoxy groups -OCH3 is 1. The van der Waals surface area contributed by atoms with Crippen molar-refractivity contribution in [2.24, 2.45) is 7.05 Å². The van der Waals surface area contributed by atoms with E-state index in [1.165, 1.54) is 0 Å². The number of anilines is 2. The fraction of sp³-hybridized carbons (Fsp3) is 0.188. The molecule has 1 N–H and O–H groups in total. The first-order valence-corrected chi connectivity index (χ1v) is 6.90. The van der Waals surface area contributed by atoms with E-state index in [4.69, 9.17) is 4.74 Å². The van der Waals surface area contributed by atoms with Crippen LogP contribution in [0.4, 0.5) is 11.6 Å². The largest absolute Gasteiger partial charge is 0.496 e. The quantitative estimate of drug-likeness (QED) is 0.801. The molecule has 3 rings (SSSR count). The Morgan fingerprint density at radius 2 is 2.00 bits per heavy atom. The zero-order valence-electron chi connectivity index (χ0n) is 12.7. The number of hydrogen-bond acceptors (Lipinski definition) is 5. The zero-order chi connectivity index (χ0) is 15.5. The second-order valence-electron chi connectivity index (χ2n) is 4.95. The standard InChI is InChI=1S/C16H17N5O/c1-11-8-17-16(19-12-9-18-21(2)10-12)20-15(11)13-6-4-5-7-14(13)22-3/h4-10H,1-3H3,(H,17,19,20). The van der Waals surface area contributed by atoms with Gasteiger partial charge < -0.3 is 10.1 Å². The average molecular weight is 295 g/mol. The summed E-state index contributed by atoms with van der Waals surface area (Å²) in [5.41, 5.74) is 3.62. The summed E-state index contributed by atoms with van der Waals surface area (Å²) in [6.45, 7) is 1.98. The fourth-order valence-corrected chi connectivity index (χ4v) is 2.23. The number of nitrogens with one attached hydrogen (secondary N) is 1. The molecule has 1 aromatic carbocycles. The number of nitrogens with zero attached hydrogens (tertiary/aromatic N) is 4. The Hall–Kier alpha value is -2.89. The molecule has 0 spiro atoms. The first-order chi connectivity index (χ1) is 10.7. The van der Waals surface area contributed by atoms with Gasteiger partial charge >= 0.3 is 0 Å². The molecule has 0 fully saturated rings. The van der Waals surface area contributed by atoms with Gasteiger partial charge in [0.15, 0.2) is 0 Å². The van der Waals surface area contributed by atoms with Crippen molar-refractivity contribution in [3.8, 4) is 17.0 Å². The first-order valence-electron chi connectivity index (χ1n) is 6.90. The van der Waals surface area contributed by atoms with E-state index in [1.807, 2.05) is 44.4 Å². The lowest BCUT2D eigenvalue weighted by Gasteiger charge is -2.11. The van der Waals surface area contributed by atoms with E-state index >= 15 is 0 Å². The minimum Gasteiger partial charge on any atom is -0.496 e. The number of aryl methyl sites for hydroxylation is 2. The molecule has 2 aromatic heterocycles. The summed E-state index contributed by atoms with van der Waals surface area (Å²) in [5.74, 6) is 1.32. The van der Waals surface area contributed by atoms with Gasteiger partial charge in [-0.25, -0.2) is 9.97 Å². The van der Waals surface area contributed by atoms with E-state index in [0.29, 0.717) is 5.95 Å². The maximum absolute atomic E-state index is 5.42. The monoisotopic (exact) mass is 295 g/mol. The van der Waals surface area contributed by atoms with Gasteiger partial charge in [0.05, 0.1) is 24.7 Å². The van der Waals surface area contributed by atoms with Crippen LogP contribution < -0.4 is 10.1 Å². The lowest BCUT2D eigenvalue weighted by atomic mass is 10.1. The molecule has 3 aromatic rings. The van der Waals surface area contributed by atoms with Crippen molar-refractivity contribution in [1.82, 2.24) is 19.7 Å². The van der Waals surface area contributed by atoms with Crippen LogP contribution in [0, 0.1) is 6.92 Å². The third-order valence-corrected chi connectivity index (χ3v) is 3.29. The Bertz CT molecular complexity index is 797. The SMILES string of the molecule is COc1ccccc1-c1nc(Nc2cnn(C)c2)ncc1C. The Morgan fingerprint density at radius 3 is 2.73 bits per heavy atom. The van der Waals surface area contributed by atoms with Crippen LogP contribution in [0.5, 0.6) is 5.75 Å². The summed E-state index contributed by atoms with van der Waals surface area (Å²) in [6, 6.07) is 7.81. The number of rotatable bonds is 4. The summed E-state index contributed by atoms with van der Waals surface area (Å²) in [6.07, 6.45) is 5.39. The molecule has 0 radical (unpaired) electrons. The van der Waals surface area contributed by atoms with Crippen molar-refractivity contribution in [2.45, 2.75) is 6.92 Å². The van der Waals surface area contributed by atoms with Gasteiger partial charge in [0.25, 0.3) is 0 Å². The highest BCUT2D eigenvalue weighted by Crippen LogP contribution is 2.30. The van der Waals surface area contributed by atoms with Gasteiger partial charge in [-0.15, -0.1) is 0 Å². The Labute approximate surface area is 128 Å².